The molecule has 1 amide bonds. The number of aromatic nitrogens is 3. The molecule has 1 unspecified atom stereocenters. The molecule has 0 spiro atoms. The van der Waals surface area contributed by atoms with Crippen LogP contribution in [0.4, 0.5) is 4.39 Å². The van der Waals surface area contributed by atoms with Gasteiger partial charge in [-0.3, -0.25) is 4.79 Å². The molecule has 1 aromatic heterocycles. The van der Waals surface area contributed by atoms with Crippen molar-refractivity contribution < 1.29 is 9.18 Å². The van der Waals surface area contributed by atoms with Gasteiger partial charge in [0.15, 0.2) is 0 Å². The van der Waals surface area contributed by atoms with Crippen molar-refractivity contribution in [1.29, 1.82) is 0 Å². The summed E-state index contributed by atoms with van der Waals surface area (Å²) < 4.78 is 16.3. The summed E-state index contributed by atoms with van der Waals surface area (Å²) in [6.07, 6.45) is 6.32. The van der Waals surface area contributed by atoms with Crippen LogP contribution in [-0.2, 0) is 13.0 Å². The van der Waals surface area contributed by atoms with E-state index in [0.717, 1.165) is 50.3 Å². The van der Waals surface area contributed by atoms with Crippen LogP contribution < -0.4 is 0 Å². The van der Waals surface area contributed by atoms with Gasteiger partial charge in [0, 0.05) is 37.0 Å². The Morgan fingerprint density at radius 1 is 1.15 bits per heavy atom. The molecule has 1 saturated heterocycles. The Morgan fingerprint density at radius 2 is 2.04 bits per heavy atom. The highest BCUT2D eigenvalue weighted by molar-refractivity contribution is 6.31. The maximum Gasteiger partial charge on any atom is 0.256 e. The molecular formula is C19H22ClFN4O. The minimum atomic E-state index is -0.530. The fraction of sp³-hybridized carbons (Fsp3) is 0.526. The predicted octanol–water partition coefficient (Wildman–Crippen LogP) is 3.82. The van der Waals surface area contributed by atoms with Gasteiger partial charge in [-0.1, -0.05) is 18.0 Å². The Balaban J connectivity index is 1.56. The zero-order chi connectivity index (χ0) is 18.1. The summed E-state index contributed by atoms with van der Waals surface area (Å²) in [7, 11) is 0. The molecule has 3 heterocycles. The Bertz CT molecular complexity index is 822. The number of aryl methyl sites for hydroxylation is 1. The van der Waals surface area contributed by atoms with Gasteiger partial charge in [-0.05, 0) is 43.9 Å². The van der Waals surface area contributed by atoms with Crippen molar-refractivity contribution in [3.8, 4) is 0 Å². The number of likely N-dealkylation sites (tertiary alicyclic amines) is 1. The molecule has 0 aliphatic carbocycles. The van der Waals surface area contributed by atoms with Crippen molar-refractivity contribution in [2.45, 2.75) is 51.0 Å². The first kappa shape index (κ1) is 17.5. The Kier molecular flexibility index (Phi) is 4.94. The van der Waals surface area contributed by atoms with Crippen LogP contribution >= 0.6 is 11.6 Å². The van der Waals surface area contributed by atoms with Crippen molar-refractivity contribution in [3.05, 3.63) is 46.3 Å². The Morgan fingerprint density at radius 3 is 2.92 bits per heavy atom. The number of amides is 1. The van der Waals surface area contributed by atoms with E-state index in [2.05, 4.69) is 14.8 Å². The largest absolute Gasteiger partial charge is 0.338 e. The van der Waals surface area contributed by atoms with Gasteiger partial charge in [0.25, 0.3) is 5.91 Å². The van der Waals surface area contributed by atoms with Gasteiger partial charge in [-0.2, -0.15) is 0 Å². The van der Waals surface area contributed by atoms with E-state index < -0.39 is 5.82 Å². The van der Waals surface area contributed by atoms with Gasteiger partial charge in [0.1, 0.15) is 17.5 Å². The number of carbonyl (C=O) groups excluding carboxylic acids is 1. The molecule has 2 aromatic rings. The molecule has 1 fully saturated rings. The third-order valence-corrected chi connectivity index (χ3v) is 5.61. The first-order chi connectivity index (χ1) is 12.6. The number of fused-ring (bicyclic) bond motifs is 1. The molecule has 0 N–H and O–H groups in total. The van der Waals surface area contributed by atoms with Crippen LogP contribution in [0.25, 0.3) is 0 Å². The standard InChI is InChI=1S/C19H22ClFN4O/c20-14-7-8-16(21)15(11-14)19(26)24-9-4-5-13(12-24)18-23-22-17-6-2-1-3-10-25(17)18/h7-8,11,13H,1-6,9-10,12H2. The van der Waals surface area contributed by atoms with E-state index in [1.807, 2.05) is 0 Å². The van der Waals surface area contributed by atoms with Gasteiger partial charge in [-0.25, -0.2) is 4.39 Å². The third-order valence-electron chi connectivity index (χ3n) is 5.37. The van der Waals surface area contributed by atoms with Crippen molar-refractivity contribution in [3.63, 3.8) is 0 Å². The molecule has 2 aliphatic rings. The summed E-state index contributed by atoms with van der Waals surface area (Å²) in [5.74, 6) is 1.35. The zero-order valence-corrected chi connectivity index (χ0v) is 15.4. The lowest BCUT2D eigenvalue weighted by Crippen LogP contribution is -2.40. The van der Waals surface area contributed by atoms with Gasteiger partial charge in [0.05, 0.1) is 5.56 Å². The number of benzene rings is 1. The van der Waals surface area contributed by atoms with E-state index >= 15 is 0 Å². The van der Waals surface area contributed by atoms with Crippen LogP contribution in [0.15, 0.2) is 18.2 Å². The number of rotatable bonds is 2. The zero-order valence-electron chi connectivity index (χ0n) is 14.6. The van der Waals surface area contributed by atoms with Crippen molar-refractivity contribution >= 4 is 17.5 Å². The second-order valence-corrected chi connectivity index (χ2v) is 7.59. The lowest BCUT2D eigenvalue weighted by Gasteiger charge is -2.32. The minimum Gasteiger partial charge on any atom is -0.338 e. The van der Waals surface area contributed by atoms with E-state index in [1.165, 1.54) is 24.6 Å². The number of halogens is 2. The SMILES string of the molecule is O=C(c1cc(Cl)ccc1F)N1CCCC(c2nnc3n2CCCCC3)C1. The second-order valence-electron chi connectivity index (χ2n) is 7.15. The lowest BCUT2D eigenvalue weighted by molar-refractivity contribution is 0.0698. The number of piperidine rings is 1. The molecule has 0 saturated carbocycles. The van der Waals surface area contributed by atoms with Crippen molar-refractivity contribution in [2.24, 2.45) is 0 Å². The number of nitrogens with zero attached hydrogens (tertiary/aromatic N) is 4. The first-order valence-corrected chi connectivity index (χ1v) is 9.67. The van der Waals surface area contributed by atoms with Gasteiger partial charge >= 0.3 is 0 Å². The molecule has 138 valence electrons. The van der Waals surface area contributed by atoms with E-state index in [1.54, 1.807) is 4.90 Å². The van der Waals surface area contributed by atoms with Crippen LogP contribution in [0.1, 0.15) is 60.0 Å². The summed E-state index contributed by atoms with van der Waals surface area (Å²) in [5, 5.41) is 9.19. The summed E-state index contributed by atoms with van der Waals surface area (Å²) in [5.41, 5.74) is 0.0400. The predicted molar refractivity (Wildman–Crippen MR) is 96.9 cm³/mol. The molecule has 1 aromatic carbocycles. The minimum absolute atomic E-state index is 0.0400. The van der Waals surface area contributed by atoms with Crippen LogP contribution in [0.5, 0.6) is 0 Å². The Hall–Kier alpha value is -1.95. The van der Waals surface area contributed by atoms with Crippen molar-refractivity contribution in [1.82, 2.24) is 19.7 Å². The fourth-order valence-corrected chi connectivity index (χ4v) is 4.19. The average molecular weight is 377 g/mol. The fourth-order valence-electron chi connectivity index (χ4n) is 4.01. The maximum absolute atomic E-state index is 14.1. The monoisotopic (exact) mass is 376 g/mol. The highest BCUT2D eigenvalue weighted by Gasteiger charge is 2.30. The topological polar surface area (TPSA) is 51.0 Å². The number of hydrogen-bond donors (Lipinski definition) is 0. The smallest absolute Gasteiger partial charge is 0.256 e. The summed E-state index contributed by atoms with van der Waals surface area (Å²) >= 11 is 5.95. The van der Waals surface area contributed by atoms with Gasteiger partial charge < -0.3 is 9.47 Å². The maximum atomic E-state index is 14.1. The highest BCUT2D eigenvalue weighted by Crippen LogP contribution is 2.29. The molecule has 0 bridgehead atoms. The average Bonchev–Trinajstić information content (AvgIpc) is 2.91. The van der Waals surface area contributed by atoms with Crippen LogP contribution in [0, 0.1) is 5.82 Å². The number of hydrogen-bond acceptors (Lipinski definition) is 3. The normalized spacial score (nSPS) is 20.5. The van der Waals surface area contributed by atoms with E-state index in [4.69, 9.17) is 11.6 Å². The van der Waals surface area contributed by atoms with E-state index in [0.29, 0.717) is 18.1 Å². The van der Waals surface area contributed by atoms with E-state index in [-0.39, 0.29) is 17.4 Å². The Labute approximate surface area is 157 Å². The molecule has 4 rings (SSSR count). The first-order valence-electron chi connectivity index (χ1n) is 9.30. The van der Waals surface area contributed by atoms with Gasteiger partial charge in [-0.15, -0.1) is 10.2 Å². The van der Waals surface area contributed by atoms with Crippen LogP contribution in [0.3, 0.4) is 0 Å². The third kappa shape index (κ3) is 3.34. The molecule has 7 heteroatoms. The van der Waals surface area contributed by atoms with Gasteiger partial charge in [0.2, 0.25) is 0 Å². The molecule has 2 aliphatic heterocycles. The lowest BCUT2D eigenvalue weighted by atomic mass is 9.96. The molecule has 26 heavy (non-hydrogen) atoms. The molecule has 0 radical (unpaired) electrons. The quantitative estimate of drug-likeness (QED) is 0.800. The van der Waals surface area contributed by atoms with Crippen LogP contribution in [-0.4, -0.2) is 38.7 Å². The molecule has 5 nitrogen and oxygen atoms in total. The summed E-state index contributed by atoms with van der Waals surface area (Å²) in [6.45, 7) is 2.12. The molecule has 1 atom stereocenters. The van der Waals surface area contributed by atoms with Crippen LogP contribution in [0.2, 0.25) is 5.02 Å². The van der Waals surface area contributed by atoms with Crippen molar-refractivity contribution in [2.75, 3.05) is 13.1 Å². The summed E-state index contributed by atoms with van der Waals surface area (Å²) in [4.78, 5) is 14.5. The number of carbonyl (C=O) groups is 1. The highest BCUT2D eigenvalue weighted by atomic mass is 35.5. The van der Waals surface area contributed by atoms with E-state index in [9.17, 15) is 9.18 Å². The summed E-state index contributed by atoms with van der Waals surface area (Å²) in [6, 6.07) is 4.11. The molecular weight excluding hydrogens is 355 g/mol. The second kappa shape index (κ2) is 7.35.